The highest BCUT2D eigenvalue weighted by atomic mass is 32.2. The Morgan fingerprint density at radius 3 is 2.63 bits per heavy atom. The van der Waals surface area contributed by atoms with E-state index in [1.807, 2.05) is 6.92 Å². The van der Waals surface area contributed by atoms with Gasteiger partial charge >= 0.3 is 0 Å². The van der Waals surface area contributed by atoms with E-state index in [9.17, 15) is 12.8 Å². The predicted octanol–water partition coefficient (Wildman–Crippen LogP) is 2.90. The molecule has 0 amide bonds. The number of anilines is 2. The number of nitrogens with zero attached hydrogens (tertiary/aromatic N) is 3. The van der Waals surface area contributed by atoms with E-state index in [-0.39, 0.29) is 5.95 Å². The molecule has 0 saturated carbocycles. The first-order valence-electron chi connectivity index (χ1n) is 9.05. The molecule has 0 aliphatic heterocycles. The van der Waals surface area contributed by atoms with Crippen LogP contribution in [0.3, 0.4) is 0 Å². The molecule has 2 heterocycles. The molecule has 0 fully saturated rings. The summed E-state index contributed by atoms with van der Waals surface area (Å²) in [5.41, 5.74) is 9.32. The maximum absolute atomic E-state index is 13.8. The number of pyridine rings is 1. The van der Waals surface area contributed by atoms with Gasteiger partial charge in [-0.05, 0) is 31.5 Å². The lowest BCUT2D eigenvalue weighted by Crippen LogP contribution is -2.11. The third-order valence-electron chi connectivity index (χ3n) is 4.15. The van der Waals surface area contributed by atoms with Gasteiger partial charge in [-0.1, -0.05) is 30.9 Å². The standard InChI is InChI=1S/C21H20FN5O2S/c1-4-18-17(20(26-21(23)25-18)15-6-5-7-16(22)11-15)9-8-14-10-19(13(2)24-12-14)27-30(3,28)29/h5-7,10-12,27H,4H2,1-3H3,(H2,23,25,26). The van der Waals surface area contributed by atoms with Crippen molar-refractivity contribution >= 4 is 21.7 Å². The first kappa shape index (κ1) is 21.2. The minimum absolute atomic E-state index is 0.0771. The molecular formula is C21H20FN5O2S. The van der Waals surface area contributed by atoms with Crippen LogP contribution in [0.25, 0.3) is 11.3 Å². The number of nitrogen functional groups attached to an aromatic ring is 1. The second kappa shape index (κ2) is 8.47. The Kier molecular flexibility index (Phi) is 5.99. The van der Waals surface area contributed by atoms with Gasteiger partial charge in [0.15, 0.2) is 0 Å². The van der Waals surface area contributed by atoms with Crippen molar-refractivity contribution in [2.45, 2.75) is 20.3 Å². The fourth-order valence-corrected chi connectivity index (χ4v) is 3.40. The Bertz CT molecular complexity index is 1280. The molecule has 0 aliphatic rings. The molecule has 2 aromatic heterocycles. The quantitative estimate of drug-likeness (QED) is 0.622. The van der Waals surface area contributed by atoms with Gasteiger partial charge in [0.1, 0.15) is 5.82 Å². The molecule has 0 radical (unpaired) electrons. The van der Waals surface area contributed by atoms with Crippen LogP contribution in [0.1, 0.15) is 29.4 Å². The van der Waals surface area contributed by atoms with E-state index in [1.54, 1.807) is 31.3 Å². The molecule has 1 aromatic carbocycles. The molecule has 9 heteroatoms. The van der Waals surface area contributed by atoms with Gasteiger partial charge in [-0.3, -0.25) is 9.71 Å². The van der Waals surface area contributed by atoms with Gasteiger partial charge in [0, 0.05) is 17.3 Å². The summed E-state index contributed by atoms with van der Waals surface area (Å²) < 4.78 is 39.3. The third-order valence-corrected chi connectivity index (χ3v) is 4.74. The van der Waals surface area contributed by atoms with E-state index in [4.69, 9.17) is 5.73 Å². The molecule has 0 unspecified atom stereocenters. The number of hydrogen-bond donors (Lipinski definition) is 2. The van der Waals surface area contributed by atoms with Crippen molar-refractivity contribution in [3.05, 3.63) is 64.9 Å². The van der Waals surface area contributed by atoms with E-state index in [1.165, 1.54) is 12.1 Å². The Hall–Kier alpha value is -3.51. The van der Waals surface area contributed by atoms with Crippen molar-refractivity contribution in [3.8, 4) is 23.1 Å². The van der Waals surface area contributed by atoms with Crippen molar-refractivity contribution < 1.29 is 12.8 Å². The SMILES string of the molecule is CCc1nc(N)nc(-c2cccc(F)c2)c1C#Cc1cnc(C)c(NS(C)(=O)=O)c1. The van der Waals surface area contributed by atoms with Crippen LogP contribution in [0.2, 0.25) is 0 Å². The molecule has 0 spiro atoms. The van der Waals surface area contributed by atoms with Crippen LogP contribution in [-0.2, 0) is 16.4 Å². The lowest BCUT2D eigenvalue weighted by atomic mass is 10.0. The number of halogens is 1. The van der Waals surface area contributed by atoms with Gasteiger partial charge in [0.05, 0.1) is 34.6 Å². The lowest BCUT2D eigenvalue weighted by molar-refractivity contribution is 0.606. The second-order valence-corrected chi connectivity index (χ2v) is 8.35. The van der Waals surface area contributed by atoms with Crippen molar-refractivity contribution in [2.24, 2.45) is 0 Å². The maximum atomic E-state index is 13.8. The summed E-state index contributed by atoms with van der Waals surface area (Å²) in [7, 11) is -3.45. The maximum Gasteiger partial charge on any atom is 0.229 e. The van der Waals surface area contributed by atoms with Crippen LogP contribution in [0.15, 0.2) is 36.5 Å². The first-order valence-corrected chi connectivity index (χ1v) is 10.9. The zero-order valence-corrected chi connectivity index (χ0v) is 17.5. The summed E-state index contributed by atoms with van der Waals surface area (Å²) in [4.78, 5) is 12.7. The lowest BCUT2D eigenvalue weighted by Gasteiger charge is -2.10. The molecule has 0 bridgehead atoms. The Labute approximate surface area is 174 Å². The van der Waals surface area contributed by atoms with Crippen molar-refractivity contribution in [1.82, 2.24) is 15.0 Å². The van der Waals surface area contributed by atoms with E-state index in [0.717, 1.165) is 6.26 Å². The van der Waals surface area contributed by atoms with Crippen LogP contribution >= 0.6 is 0 Å². The summed E-state index contributed by atoms with van der Waals surface area (Å²) in [6, 6.07) is 7.60. The highest BCUT2D eigenvalue weighted by Gasteiger charge is 2.13. The zero-order chi connectivity index (χ0) is 21.9. The number of hydrogen-bond acceptors (Lipinski definition) is 6. The van der Waals surface area contributed by atoms with Gasteiger partial charge in [-0.15, -0.1) is 0 Å². The number of aromatic nitrogens is 3. The summed E-state index contributed by atoms with van der Waals surface area (Å²) in [5.74, 6) is 5.68. The molecule has 3 rings (SSSR count). The number of nitrogens with two attached hydrogens (primary N) is 1. The summed E-state index contributed by atoms with van der Waals surface area (Å²) in [6.45, 7) is 3.60. The average Bonchev–Trinajstić information content (AvgIpc) is 2.67. The van der Waals surface area contributed by atoms with E-state index < -0.39 is 15.8 Å². The van der Waals surface area contributed by atoms with E-state index >= 15 is 0 Å². The number of rotatable bonds is 4. The third kappa shape index (κ3) is 5.10. The fraction of sp³-hybridized carbons (Fsp3) is 0.190. The van der Waals surface area contributed by atoms with Crippen LogP contribution in [-0.4, -0.2) is 29.6 Å². The van der Waals surface area contributed by atoms with E-state index in [2.05, 4.69) is 31.5 Å². The van der Waals surface area contributed by atoms with Crippen LogP contribution in [0, 0.1) is 24.6 Å². The number of nitrogens with one attached hydrogen (secondary N) is 1. The van der Waals surface area contributed by atoms with Gasteiger partial charge in [-0.25, -0.2) is 22.8 Å². The Morgan fingerprint density at radius 1 is 1.20 bits per heavy atom. The molecule has 0 atom stereocenters. The van der Waals surface area contributed by atoms with Crippen LogP contribution < -0.4 is 10.5 Å². The van der Waals surface area contributed by atoms with Gasteiger partial charge in [-0.2, -0.15) is 0 Å². The highest BCUT2D eigenvalue weighted by Crippen LogP contribution is 2.25. The molecule has 0 saturated heterocycles. The minimum Gasteiger partial charge on any atom is -0.368 e. The van der Waals surface area contributed by atoms with Gasteiger partial charge in [0.2, 0.25) is 16.0 Å². The Balaban J connectivity index is 2.13. The second-order valence-electron chi connectivity index (χ2n) is 6.60. The first-order chi connectivity index (χ1) is 14.2. The molecule has 3 N–H and O–H groups in total. The Morgan fingerprint density at radius 2 is 1.97 bits per heavy atom. The molecule has 0 aliphatic carbocycles. The van der Waals surface area contributed by atoms with E-state index in [0.29, 0.717) is 45.9 Å². The van der Waals surface area contributed by atoms with Crippen molar-refractivity contribution in [2.75, 3.05) is 16.7 Å². The number of aryl methyl sites for hydroxylation is 2. The molecular weight excluding hydrogens is 405 g/mol. The molecule has 30 heavy (non-hydrogen) atoms. The van der Waals surface area contributed by atoms with Crippen LogP contribution in [0.4, 0.5) is 16.0 Å². The normalized spacial score (nSPS) is 10.9. The average molecular weight is 425 g/mol. The van der Waals surface area contributed by atoms with Crippen molar-refractivity contribution in [3.63, 3.8) is 0 Å². The monoisotopic (exact) mass is 425 g/mol. The largest absolute Gasteiger partial charge is 0.368 e. The van der Waals surface area contributed by atoms with Gasteiger partial charge in [0.25, 0.3) is 0 Å². The smallest absolute Gasteiger partial charge is 0.229 e. The number of benzene rings is 1. The topological polar surface area (TPSA) is 111 Å². The predicted molar refractivity (Wildman–Crippen MR) is 115 cm³/mol. The van der Waals surface area contributed by atoms with Gasteiger partial charge < -0.3 is 5.73 Å². The molecule has 7 nitrogen and oxygen atoms in total. The highest BCUT2D eigenvalue weighted by molar-refractivity contribution is 7.92. The minimum atomic E-state index is -3.45. The summed E-state index contributed by atoms with van der Waals surface area (Å²) in [6.07, 6.45) is 3.16. The fourth-order valence-electron chi connectivity index (χ4n) is 2.80. The molecule has 154 valence electrons. The summed E-state index contributed by atoms with van der Waals surface area (Å²) >= 11 is 0. The van der Waals surface area contributed by atoms with Crippen LogP contribution in [0.5, 0.6) is 0 Å². The zero-order valence-electron chi connectivity index (χ0n) is 16.7. The number of sulfonamides is 1. The van der Waals surface area contributed by atoms with Crippen molar-refractivity contribution in [1.29, 1.82) is 0 Å². The summed E-state index contributed by atoms with van der Waals surface area (Å²) in [5, 5.41) is 0. The molecule has 3 aromatic rings.